The average molecular weight is 372 g/mol. The van der Waals surface area contributed by atoms with E-state index in [0.29, 0.717) is 41.4 Å². The lowest BCUT2D eigenvalue weighted by molar-refractivity contribution is 0.00902. The van der Waals surface area contributed by atoms with Crippen LogP contribution < -0.4 is 4.48 Å². The minimum Gasteiger partial charge on any atom is -0.454 e. The molecule has 1 heterocycles. The van der Waals surface area contributed by atoms with Crippen LogP contribution in [0.4, 0.5) is 5.69 Å². The first kappa shape index (κ1) is 18.4. The van der Waals surface area contributed by atoms with Crippen LogP contribution in [0.2, 0.25) is 5.02 Å². The van der Waals surface area contributed by atoms with Crippen LogP contribution in [-0.4, -0.2) is 44.9 Å². The first-order valence-electron chi connectivity index (χ1n) is 8.49. The molecular formula is C20H20ClN2O3+. The molecular weight excluding hydrogens is 352 g/mol. The van der Waals surface area contributed by atoms with Crippen LogP contribution >= 0.6 is 11.6 Å². The van der Waals surface area contributed by atoms with Crippen LogP contribution in [0.15, 0.2) is 54.6 Å². The largest absolute Gasteiger partial charge is 0.454 e. The van der Waals surface area contributed by atoms with Crippen molar-refractivity contribution in [2.45, 2.75) is 6.04 Å². The first-order chi connectivity index (χ1) is 12.7. The molecule has 3 rings (SSSR count). The van der Waals surface area contributed by atoms with Crippen molar-refractivity contribution in [1.82, 2.24) is 4.48 Å². The zero-order valence-corrected chi connectivity index (χ0v) is 15.1. The molecule has 0 bridgehead atoms. The zero-order chi connectivity index (χ0) is 18.4. The number of quaternary nitrogens is 1. The summed E-state index contributed by atoms with van der Waals surface area (Å²) < 4.78 is 11.3. The van der Waals surface area contributed by atoms with E-state index in [2.05, 4.69) is 6.07 Å². The summed E-state index contributed by atoms with van der Waals surface area (Å²) in [6, 6.07) is 18.0. The summed E-state index contributed by atoms with van der Waals surface area (Å²) in [7, 11) is 0. The second-order valence-corrected chi connectivity index (χ2v) is 6.56. The highest BCUT2D eigenvalue weighted by atomic mass is 35.5. The number of carbonyl (C=O) groups is 1. The predicted molar refractivity (Wildman–Crippen MR) is 99.9 cm³/mol. The van der Waals surface area contributed by atoms with Gasteiger partial charge in [-0.3, -0.25) is 4.48 Å². The lowest BCUT2D eigenvalue weighted by Gasteiger charge is -2.43. The van der Waals surface area contributed by atoms with E-state index in [1.807, 2.05) is 30.3 Å². The van der Waals surface area contributed by atoms with Crippen molar-refractivity contribution in [3.8, 4) is 6.07 Å². The molecule has 1 aliphatic rings. The molecule has 0 radical (unpaired) electrons. The maximum atomic E-state index is 12.3. The van der Waals surface area contributed by atoms with E-state index in [0.717, 1.165) is 5.69 Å². The van der Waals surface area contributed by atoms with E-state index in [-0.39, 0.29) is 6.61 Å². The van der Waals surface area contributed by atoms with Gasteiger partial charge in [0.1, 0.15) is 24.2 Å². The molecule has 1 fully saturated rings. The number of nitriles is 1. The molecule has 1 aliphatic heterocycles. The molecule has 0 aliphatic carbocycles. The highest BCUT2D eigenvalue weighted by Crippen LogP contribution is 2.35. The number of para-hydroxylation sites is 1. The topological polar surface area (TPSA) is 59.3 Å². The SMILES string of the molecule is N#CC(COC(=O)c1ccccc1)[N+]1(c2ccccc2Cl)CCOCC1. The normalized spacial score (nSPS) is 17.1. The van der Waals surface area contributed by atoms with Gasteiger partial charge in [0.25, 0.3) is 0 Å². The summed E-state index contributed by atoms with van der Waals surface area (Å²) in [5.41, 5.74) is 1.33. The van der Waals surface area contributed by atoms with Gasteiger partial charge in [-0.2, -0.15) is 5.26 Å². The van der Waals surface area contributed by atoms with Gasteiger partial charge in [0.2, 0.25) is 6.04 Å². The maximum absolute atomic E-state index is 12.3. The number of rotatable bonds is 5. The number of hydrogen-bond donors (Lipinski definition) is 0. The second kappa shape index (κ2) is 8.33. The summed E-state index contributed by atoms with van der Waals surface area (Å²) in [5.74, 6) is -0.434. The van der Waals surface area contributed by atoms with Crippen LogP contribution in [0.1, 0.15) is 10.4 Å². The molecule has 6 heteroatoms. The third-order valence-corrected chi connectivity index (χ3v) is 5.05. The first-order valence-corrected chi connectivity index (χ1v) is 8.86. The van der Waals surface area contributed by atoms with Crippen molar-refractivity contribution >= 4 is 23.3 Å². The highest BCUT2D eigenvalue weighted by molar-refractivity contribution is 6.33. The molecule has 0 amide bonds. The highest BCUT2D eigenvalue weighted by Gasteiger charge is 2.43. The number of ether oxygens (including phenoxy) is 2. The Morgan fingerprint density at radius 2 is 1.81 bits per heavy atom. The number of halogens is 1. The third kappa shape index (κ3) is 3.73. The van der Waals surface area contributed by atoms with Crippen molar-refractivity contribution in [1.29, 1.82) is 5.26 Å². The molecule has 0 aromatic heterocycles. The monoisotopic (exact) mass is 371 g/mol. The number of esters is 1. The van der Waals surface area contributed by atoms with E-state index >= 15 is 0 Å². The molecule has 1 atom stereocenters. The summed E-state index contributed by atoms with van der Waals surface area (Å²) >= 11 is 6.43. The van der Waals surface area contributed by atoms with E-state index in [1.54, 1.807) is 24.3 Å². The molecule has 134 valence electrons. The van der Waals surface area contributed by atoms with E-state index in [4.69, 9.17) is 21.1 Å². The van der Waals surface area contributed by atoms with Crippen LogP contribution in [0.25, 0.3) is 0 Å². The molecule has 26 heavy (non-hydrogen) atoms. The van der Waals surface area contributed by atoms with E-state index < -0.39 is 12.0 Å². The number of benzene rings is 2. The molecule has 5 nitrogen and oxygen atoms in total. The summed E-state index contributed by atoms with van der Waals surface area (Å²) in [4.78, 5) is 12.3. The van der Waals surface area contributed by atoms with Gasteiger partial charge in [0, 0.05) is 6.07 Å². The molecule has 2 aromatic carbocycles. The van der Waals surface area contributed by atoms with Gasteiger partial charge < -0.3 is 9.47 Å². The minimum atomic E-state index is -0.563. The Kier molecular flexibility index (Phi) is 5.89. The fourth-order valence-corrected chi connectivity index (χ4v) is 3.61. The Hall–Kier alpha value is -2.39. The van der Waals surface area contributed by atoms with Crippen molar-refractivity contribution in [2.24, 2.45) is 0 Å². The van der Waals surface area contributed by atoms with Gasteiger partial charge in [-0.15, -0.1) is 0 Å². The molecule has 0 spiro atoms. The maximum Gasteiger partial charge on any atom is 0.338 e. The molecule has 1 saturated heterocycles. The molecule has 0 N–H and O–H groups in total. The van der Waals surface area contributed by atoms with E-state index in [9.17, 15) is 10.1 Å². The summed E-state index contributed by atoms with van der Waals surface area (Å²) in [5, 5.41) is 10.4. The van der Waals surface area contributed by atoms with Gasteiger partial charge >= 0.3 is 5.97 Å². The number of carbonyl (C=O) groups excluding carboxylic acids is 1. The average Bonchev–Trinajstić information content (AvgIpc) is 2.70. The standard InChI is InChI=1S/C20H20ClN2O3/c21-18-8-4-5-9-19(18)23(10-12-25-13-11-23)17(14-22)15-26-20(24)16-6-2-1-3-7-16/h1-9,17H,10-13,15H2/q+1. The predicted octanol–water partition coefficient (Wildman–Crippen LogP) is 3.43. The number of hydrogen-bond acceptors (Lipinski definition) is 4. The molecule has 2 aromatic rings. The van der Waals surface area contributed by atoms with Gasteiger partial charge in [0.05, 0.1) is 18.8 Å². The minimum absolute atomic E-state index is 0.00451. The Bertz CT molecular complexity index is 798. The van der Waals surface area contributed by atoms with Crippen LogP contribution in [0, 0.1) is 11.3 Å². The Balaban J connectivity index is 1.84. The van der Waals surface area contributed by atoms with Gasteiger partial charge in [-0.05, 0) is 18.2 Å². The fourth-order valence-electron chi connectivity index (χ4n) is 3.30. The van der Waals surface area contributed by atoms with Crippen molar-refractivity contribution in [3.05, 3.63) is 65.2 Å². The summed E-state index contributed by atoms with van der Waals surface area (Å²) in [6.45, 7) is 2.25. The lowest BCUT2D eigenvalue weighted by Crippen LogP contribution is -2.63. The van der Waals surface area contributed by atoms with Gasteiger partial charge in [-0.1, -0.05) is 41.9 Å². The van der Waals surface area contributed by atoms with Gasteiger partial charge in [-0.25, -0.2) is 4.79 Å². The fraction of sp³-hybridized carbons (Fsp3) is 0.300. The number of morpholine rings is 1. The van der Waals surface area contributed by atoms with Crippen molar-refractivity contribution in [2.75, 3.05) is 32.9 Å². The third-order valence-electron chi connectivity index (χ3n) is 4.73. The Morgan fingerprint density at radius 3 is 2.46 bits per heavy atom. The Labute approximate surface area is 157 Å². The summed E-state index contributed by atoms with van der Waals surface area (Å²) in [6.07, 6.45) is 0. The smallest absolute Gasteiger partial charge is 0.338 e. The van der Waals surface area contributed by atoms with Gasteiger partial charge in [0.15, 0.2) is 12.3 Å². The van der Waals surface area contributed by atoms with E-state index in [1.165, 1.54) is 0 Å². The van der Waals surface area contributed by atoms with Crippen LogP contribution in [-0.2, 0) is 9.47 Å². The lowest BCUT2D eigenvalue weighted by atomic mass is 10.1. The number of nitrogens with zero attached hydrogens (tertiary/aromatic N) is 2. The Morgan fingerprint density at radius 1 is 1.15 bits per heavy atom. The van der Waals surface area contributed by atoms with Crippen LogP contribution in [0.3, 0.4) is 0 Å². The molecule has 0 saturated carbocycles. The van der Waals surface area contributed by atoms with Crippen molar-refractivity contribution < 1.29 is 14.3 Å². The quantitative estimate of drug-likeness (QED) is 0.596. The van der Waals surface area contributed by atoms with Crippen LogP contribution in [0.5, 0.6) is 0 Å². The molecule has 1 unspecified atom stereocenters. The second-order valence-electron chi connectivity index (χ2n) is 6.15. The van der Waals surface area contributed by atoms with Crippen molar-refractivity contribution in [3.63, 3.8) is 0 Å². The zero-order valence-electron chi connectivity index (χ0n) is 14.3.